The van der Waals surface area contributed by atoms with Crippen molar-refractivity contribution in [3.8, 4) is 0 Å². The number of aromatic nitrogens is 4. The molecule has 0 fully saturated rings. The second-order valence-corrected chi connectivity index (χ2v) is 7.87. The highest BCUT2D eigenvalue weighted by atomic mass is 16.1. The molecule has 3 rings (SSSR count). The van der Waals surface area contributed by atoms with Gasteiger partial charge in [0.2, 0.25) is 5.91 Å². The summed E-state index contributed by atoms with van der Waals surface area (Å²) >= 11 is 0. The van der Waals surface area contributed by atoms with E-state index < -0.39 is 0 Å². The fraction of sp³-hybridized carbons (Fsp3) is 0.333. The van der Waals surface area contributed by atoms with Crippen LogP contribution in [-0.4, -0.2) is 32.7 Å². The molecular weight excluding hydrogens is 366 g/mol. The molecule has 0 saturated carbocycles. The molecule has 2 heterocycles. The first kappa shape index (κ1) is 20.3. The van der Waals surface area contributed by atoms with Gasteiger partial charge in [-0.2, -0.15) is 5.10 Å². The first-order chi connectivity index (χ1) is 13.7. The Morgan fingerprint density at radius 2 is 1.76 bits per heavy atom. The molecule has 0 radical (unpaired) electrons. The van der Waals surface area contributed by atoms with Crippen molar-refractivity contribution in [2.24, 2.45) is 7.05 Å². The van der Waals surface area contributed by atoms with Crippen LogP contribution in [0.2, 0.25) is 0 Å². The van der Waals surface area contributed by atoms with Crippen LogP contribution in [0.1, 0.15) is 32.0 Å². The molecule has 0 saturated heterocycles. The van der Waals surface area contributed by atoms with Gasteiger partial charge in [0.15, 0.2) is 0 Å². The molecule has 0 aliphatic carbocycles. The van der Waals surface area contributed by atoms with Crippen molar-refractivity contribution < 1.29 is 4.79 Å². The van der Waals surface area contributed by atoms with Crippen LogP contribution in [-0.2, 0) is 23.7 Å². The Balaban J connectivity index is 1.61. The summed E-state index contributed by atoms with van der Waals surface area (Å²) in [5, 5.41) is 13.6. The van der Waals surface area contributed by atoms with E-state index in [1.165, 1.54) is 6.33 Å². The van der Waals surface area contributed by atoms with Crippen LogP contribution in [0.5, 0.6) is 0 Å². The van der Waals surface area contributed by atoms with E-state index in [4.69, 9.17) is 0 Å². The van der Waals surface area contributed by atoms with E-state index in [-0.39, 0.29) is 17.7 Å². The van der Waals surface area contributed by atoms with Crippen LogP contribution in [0.15, 0.2) is 42.7 Å². The molecule has 152 valence electrons. The second-order valence-electron chi connectivity index (χ2n) is 7.87. The highest BCUT2D eigenvalue weighted by Gasteiger charge is 2.19. The summed E-state index contributed by atoms with van der Waals surface area (Å²) in [5.41, 5.74) is 2.68. The molecule has 0 spiro atoms. The van der Waals surface area contributed by atoms with Gasteiger partial charge in [0.25, 0.3) is 0 Å². The van der Waals surface area contributed by atoms with Crippen LogP contribution >= 0.6 is 0 Å². The largest absolute Gasteiger partial charge is 0.373 e. The molecule has 3 aromatic rings. The standard InChI is InChI=1S/C21H27N7O/c1-21(2,3)16-11-19(28(5)27-16)26-20(29)10-14-6-8-15(9-7-14)25-18-12-17(22-4)23-13-24-18/h6-9,11-13H,10H2,1-5H3,(H,26,29)(H2,22,23,24,25). The molecular formula is C21H27N7O. The number of rotatable bonds is 6. The summed E-state index contributed by atoms with van der Waals surface area (Å²) in [6.45, 7) is 6.28. The molecule has 1 aromatic carbocycles. The van der Waals surface area contributed by atoms with Crippen molar-refractivity contribution >= 4 is 29.0 Å². The molecule has 1 amide bonds. The molecule has 2 aromatic heterocycles. The lowest BCUT2D eigenvalue weighted by Gasteiger charge is -2.13. The number of carbonyl (C=O) groups is 1. The molecule has 8 heteroatoms. The highest BCUT2D eigenvalue weighted by molar-refractivity contribution is 5.91. The maximum atomic E-state index is 12.4. The Hall–Kier alpha value is -3.42. The van der Waals surface area contributed by atoms with Crippen molar-refractivity contribution in [1.29, 1.82) is 0 Å². The summed E-state index contributed by atoms with van der Waals surface area (Å²) in [6, 6.07) is 11.4. The minimum Gasteiger partial charge on any atom is -0.373 e. The second kappa shape index (κ2) is 8.30. The lowest BCUT2D eigenvalue weighted by molar-refractivity contribution is -0.115. The number of anilines is 4. The first-order valence-corrected chi connectivity index (χ1v) is 9.45. The summed E-state index contributed by atoms with van der Waals surface area (Å²) in [7, 11) is 3.64. The zero-order valence-corrected chi connectivity index (χ0v) is 17.4. The van der Waals surface area contributed by atoms with Crippen molar-refractivity contribution in [3.63, 3.8) is 0 Å². The van der Waals surface area contributed by atoms with Gasteiger partial charge in [-0.05, 0) is 17.7 Å². The zero-order chi connectivity index (χ0) is 21.0. The van der Waals surface area contributed by atoms with Crippen molar-refractivity contribution in [2.75, 3.05) is 23.0 Å². The molecule has 0 aliphatic rings. The highest BCUT2D eigenvalue weighted by Crippen LogP contribution is 2.23. The third-order valence-electron chi connectivity index (χ3n) is 4.43. The molecule has 0 unspecified atom stereocenters. The molecule has 0 aliphatic heterocycles. The number of hydrogen-bond donors (Lipinski definition) is 3. The Morgan fingerprint density at radius 1 is 1.07 bits per heavy atom. The van der Waals surface area contributed by atoms with Crippen molar-refractivity contribution in [2.45, 2.75) is 32.6 Å². The maximum Gasteiger partial charge on any atom is 0.229 e. The van der Waals surface area contributed by atoms with Gasteiger partial charge < -0.3 is 16.0 Å². The van der Waals surface area contributed by atoms with E-state index in [0.29, 0.717) is 11.6 Å². The van der Waals surface area contributed by atoms with Gasteiger partial charge in [0.05, 0.1) is 12.1 Å². The van der Waals surface area contributed by atoms with Gasteiger partial charge in [-0.3, -0.25) is 9.48 Å². The lowest BCUT2D eigenvalue weighted by atomic mass is 9.92. The third-order valence-corrected chi connectivity index (χ3v) is 4.43. The van der Waals surface area contributed by atoms with E-state index in [2.05, 4.69) is 51.8 Å². The molecule has 0 atom stereocenters. The van der Waals surface area contributed by atoms with Crippen LogP contribution < -0.4 is 16.0 Å². The predicted molar refractivity (Wildman–Crippen MR) is 116 cm³/mol. The van der Waals surface area contributed by atoms with Crippen LogP contribution in [0.3, 0.4) is 0 Å². The third kappa shape index (κ3) is 5.31. The number of nitrogens with one attached hydrogen (secondary N) is 3. The number of hydrogen-bond acceptors (Lipinski definition) is 6. The minimum absolute atomic E-state index is 0.0683. The van der Waals surface area contributed by atoms with Gasteiger partial charge in [0.1, 0.15) is 23.8 Å². The van der Waals surface area contributed by atoms with E-state index in [9.17, 15) is 4.79 Å². The molecule has 8 nitrogen and oxygen atoms in total. The fourth-order valence-corrected chi connectivity index (χ4v) is 2.74. The van der Waals surface area contributed by atoms with Gasteiger partial charge >= 0.3 is 0 Å². The average molecular weight is 393 g/mol. The fourth-order valence-electron chi connectivity index (χ4n) is 2.74. The maximum absolute atomic E-state index is 12.4. The summed E-state index contributed by atoms with van der Waals surface area (Å²) in [4.78, 5) is 20.7. The van der Waals surface area contributed by atoms with Gasteiger partial charge in [-0.15, -0.1) is 0 Å². The Morgan fingerprint density at radius 3 is 2.38 bits per heavy atom. The van der Waals surface area contributed by atoms with Crippen LogP contribution in [0.4, 0.5) is 23.1 Å². The van der Waals surface area contributed by atoms with Crippen LogP contribution in [0, 0.1) is 0 Å². The number of benzene rings is 1. The molecule has 3 N–H and O–H groups in total. The van der Waals surface area contributed by atoms with Gasteiger partial charge in [-0.25, -0.2) is 9.97 Å². The molecule has 29 heavy (non-hydrogen) atoms. The van der Waals surface area contributed by atoms with E-state index in [1.54, 1.807) is 11.7 Å². The number of nitrogens with zero attached hydrogens (tertiary/aromatic N) is 4. The van der Waals surface area contributed by atoms with E-state index >= 15 is 0 Å². The van der Waals surface area contributed by atoms with Crippen molar-refractivity contribution in [1.82, 2.24) is 19.7 Å². The minimum atomic E-state index is -0.0800. The van der Waals surface area contributed by atoms with Crippen molar-refractivity contribution in [3.05, 3.63) is 54.0 Å². The zero-order valence-electron chi connectivity index (χ0n) is 17.4. The Kier molecular flexibility index (Phi) is 5.81. The van der Waals surface area contributed by atoms with E-state index in [1.807, 2.05) is 43.4 Å². The number of aryl methyl sites for hydroxylation is 1. The monoisotopic (exact) mass is 393 g/mol. The smallest absolute Gasteiger partial charge is 0.229 e. The Labute approximate surface area is 170 Å². The summed E-state index contributed by atoms with van der Waals surface area (Å²) in [6.07, 6.45) is 1.78. The average Bonchev–Trinajstić information content (AvgIpc) is 3.04. The van der Waals surface area contributed by atoms with Gasteiger partial charge in [0, 0.05) is 37.3 Å². The first-order valence-electron chi connectivity index (χ1n) is 9.45. The summed E-state index contributed by atoms with van der Waals surface area (Å²) < 4.78 is 1.70. The lowest BCUT2D eigenvalue weighted by Crippen LogP contribution is -2.16. The molecule has 0 bridgehead atoms. The number of carbonyl (C=O) groups excluding carboxylic acids is 1. The Bertz CT molecular complexity index is 987. The quantitative estimate of drug-likeness (QED) is 0.593. The van der Waals surface area contributed by atoms with Crippen LogP contribution in [0.25, 0.3) is 0 Å². The topological polar surface area (TPSA) is 96.8 Å². The van der Waals surface area contributed by atoms with Gasteiger partial charge in [-0.1, -0.05) is 32.9 Å². The van der Waals surface area contributed by atoms with E-state index in [0.717, 1.165) is 22.8 Å². The summed E-state index contributed by atoms with van der Waals surface area (Å²) in [5.74, 6) is 2.05. The number of amides is 1. The predicted octanol–water partition coefficient (Wildman–Crippen LogP) is 3.47. The normalized spacial score (nSPS) is 11.2. The SMILES string of the molecule is CNc1cc(Nc2ccc(CC(=O)Nc3cc(C(C)(C)C)nn3C)cc2)ncn1.